The highest BCUT2D eigenvalue weighted by Gasteiger charge is 2.38. The van der Waals surface area contributed by atoms with Crippen molar-refractivity contribution in [2.75, 3.05) is 0 Å². The second-order valence-corrected chi connectivity index (χ2v) is 3.77. The number of halogens is 3. The molecule has 1 aromatic heterocycles. The second-order valence-electron chi connectivity index (χ2n) is 3.77. The van der Waals surface area contributed by atoms with Crippen LogP contribution >= 0.6 is 0 Å². The molecule has 0 amide bonds. The van der Waals surface area contributed by atoms with E-state index < -0.39 is 12.0 Å². The summed E-state index contributed by atoms with van der Waals surface area (Å²) in [7, 11) is 0. The van der Waals surface area contributed by atoms with Gasteiger partial charge in [0, 0.05) is 11.4 Å². The van der Waals surface area contributed by atoms with Crippen molar-refractivity contribution in [2.45, 2.75) is 20.0 Å². The first kappa shape index (κ1) is 11.7. The van der Waals surface area contributed by atoms with Gasteiger partial charge in [-0.3, -0.25) is 4.57 Å². The van der Waals surface area contributed by atoms with E-state index >= 15 is 0 Å². The van der Waals surface area contributed by atoms with Gasteiger partial charge in [0.2, 0.25) is 5.82 Å². The maximum atomic E-state index is 12.8. The number of para-hydroxylation sites is 1. The summed E-state index contributed by atoms with van der Waals surface area (Å²) in [6.45, 7) is 3.20. The van der Waals surface area contributed by atoms with Gasteiger partial charge in [0.15, 0.2) is 0 Å². The largest absolute Gasteiger partial charge is 0.450 e. The average molecular weight is 240 g/mol. The van der Waals surface area contributed by atoms with Gasteiger partial charge in [0.05, 0.1) is 5.69 Å². The van der Waals surface area contributed by atoms with Crippen molar-refractivity contribution in [3.63, 3.8) is 0 Å². The summed E-state index contributed by atoms with van der Waals surface area (Å²) in [5, 5.41) is 0. The van der Waals surface area contributed by atoms with Crippen LogP contribution in [0.5, 0.6) is 0 Å². The highest BCUT2D eigenvalue weighted by atomic mass is 19.4. The first-order chi connectivity index (χ1) is 7.91. The molecule has 2 aromatic rings. The van der Waals surface area contributed by atoms with Crippen LogP contribution in [0.2, 0.25) is 0 Å². The smallest absolute Gasteiger partial charge is 0.293 e. The molecule has 0 aliphatic heterocycles. The second kappa shape index (κ2) is 3.91. The predicted octanol–water partition coefficient (Wildman–Crippen LogP) is 3.51. The lowest BCUT2D eigenvalue weighted by atomic mass is 10.3. The van der Waals surface area contributed by atoms with Gasteiger partial charge in [-0.05, 0) is 26.0 Å². The summed E-state index contributed by atoms with van der Waals surface area (Å²) in [6, 6.07) is 8.41. The Kier molecular flexibility index (Phi) is 2.69. The molecular formula is C12H11F3N2. The van der Waals surface area contributed by atoms with Crippen LogP contribution in [0.25, 0.3) is 5.69 Å². The Balaban J connectivity index is 2.69. The number of rotatable bonds is 1. The molecule has 2 nitrogen and oxygen atoms in total. The van der Waals surface area contributed by atoms with E-state index in [9.17, 15) is 13.2 Å². The fourth-order valence-corrected chi connectivity index (χ4v) is 1.69. The molecule has 0 N–H and O–H groups in total. The van der Waals surface area contributed by atoms with E-state index in [0.717, 1.165) is 4.57 Å². The maximum Gasteiger partial charge on any atom is 0.450 e. The summed E-state index contributed by atoms with van der Waals surface area (Å²) in [6.07, 6.45) is -4.45. The first-order valence-electron chi connectivity index (χ1n) is 5.10. The van der Waals surface area contributed by atoms with Crippen molar-refractivity contribution in [3.05, 3.63) is 47.5 Å². The Labute approximate surface area is 96.7 Å². The molecule has 90 valence electrons. The molecule has 1 heterocycles. The van der Waals surface area contributed by atoms with Crippen molar-refractivity contribution in [1.29, 1.82) is 0 Å². The third-order valence-corrected chi connectivity index (χ3v) is 2.61. The normalized spacial score (nSPS) is 11.8. The van der Waals surface area contributed by atoms with Gasteiger partial charge in [-0.2, -0.15) is 13.2 Å². The quantitative estimate of drug-likeness (QED) is 0.745. The van der Waals surface area contributed by atoms with Gasteiger partial charge in [0.1, 0.15) is 0 Å². The number of aryl methyl sites for hydroxylation is 1. The molecule has 0 bridgehead atoms. The van der Waals surface area contributed by atoms with E-state index in [1.165, 1.54) is 0 Å². The van der Waals surface area contributed by atoms with Crippen LogP contribution in [0.4, 0.5) is 13.2 Å². The lowest BCUT2D eigenvalue weighted by Gasteiger charge is -2.11. The Morgan fingerprint density at radius 2 is 1.65 bits per heavy atom. The minimum absolute atomic E-state index is 0.390. The first-order valence-corrected chi connectivity index (χ1v) is 5.10. The molecule has 5 heteroatoms. The molecule has 0 saturated carbocycles. The summed E-state index contributed by atoms with van der Waals surface area (Å²) < 4.78 is 39.7. The van der Waals surface area contributed by atoms with Crippen molar-refractivity contribution in [1.82, 2.24) is 9.55 Å². The summed E-state index contributed by atoms with van der Waals surface area (Å²) in [4.78, 5) is 3.60. The van der Waals surface area contributed by atoms with E-state index in [0.29, 0.717) is 17.1 Å². The monoisotopic (exact) mass is 240 g/mol. The lowest BCUT2D eigenvalue weighted by Crippen LogP contribution is -2.14. The minimum atomic E-state index is -4.45. The molecular weight excluding hydrogens is 229 g/mol. The summed E-state index contributed by atoms with van der Waals surface area (Å²) in [5.41, 5.74) is 1.36. The Morgan fingerprint density at radius 3 is 2.18 bits per heavy atom. The van der Waals surface area contributed by atoms with E-state index in [-0.39, 0.29) is 0 Å². The van der Waals surface area contributed by atoms with Crippen LogP contribution < -0.4 is 0 Å². The van der Waals surface area contributed by atoms with Crippen LogP contribution in [0.1, 0.15) is 17.2 Å². The summed E-state index contributed by atoms with van der Waals surface area (Å²) in [5.74, 6) is -0.876. The van der Waals surface area contributed by atoms with Crippen LogP contribution in [0, 0.1) is 13.8 Å². The number of aromatic nitrogens is 2. The van der Waals surface area contributed by atoms with Gasteiger partial charge < -0.3 is 0 Å². The average Bonchev–Trinajstić information content (AvgIpc) is 2.57. The van der Waals surface area contributed by atoms with E-state index in [4.69, 9.17) is 0 Å². The number of benzene rings is 1. The fraction of sp³-hybridized carbons (Fsp3) is 0.250. The Morgan fingerprint density at radius 1 is 1.06 bits per heavy atom. The number of nitrogens with zero attached hydrogens (tertiary/aromatic N) is 2. The molecule has 0 spiro atoms. The molecule has 0 radical (unpaired) electrons. The molecule has 2 rings (SSSR count). The van der Waals surface area contributed by atoms with Gasteiger partial charge >= 0.3 is 6.18 Å². The standard InChI is InChI=1S/C12H11F3N2/c1-8-9(2)17(10-6-4-3-5-7-10)11(16-8)12(13,14)15/h3-7H,1-2H3. The minimum Gasteiger partial charge on any atom is -0.293 e. The van der Waals surface area contributed by atoms with Crippen LogP contribution in [0.3, 0.4) is 0 Å². The zero-order valence-electron chi connectivity index (χ0n) is 9.42. The topological polar surface area (TPSA) is 17.8 Å². The highest BCUT2D eigenvalue weighted by molar-refractivity contribution is 5.37. The molecule has 0 atom stereocenters. The Hall–Kier alpha value is -1.78. The van der Waals surface area contributed by atoms with Gasteiger partial charge in [-0.1, -0.05) is 18.2 Å². The van der Waals surface area contributed by atoms with Crippen LogP contribution in [-0.4, -0.2) is 9.55 Å². The molecule has 0 fully saturated rings. The zero-order valence-corrected chi connectivity index (χ0v) is 9.42. The van der Waals surface area contributed by atoms with E-state index in [1.807, 2.05) is 0 Å². The van der Waals surface area contributed by atoms with E-state index in [1.54, 1.807) is 44.2 Å². The third-order valence-electron chi connectivity index (χ3n) is 2.61. The molecule has 0 saturated heterocycles. The van der Waals surface area contributed by atoms with Gasteiger partial charge in [-0.25, -0.2) is 4.98 Å². The van der Waals surface area contributed by atoms with Gasteiger partial charge in [-0.15, -0.1) is 0 Å². The molecule has 1 aromatic carbocycles. The maximum absolute atomic E-state index is 12.8. The Bertz CT molecular complexity index is 527. The summed E-state index contributed by atoms with van der Waals surface area (Å²) >= 11 is 0. The van der Waals surface area contributed by atoms with E-state index in [2.05, 4.69) is 4.98 Å². The van der Waals surface area contributed by atoms with Crippen molar-refractivity contribution >= 4 is 0 Å². The lowest BCUT2D eigenvalue weighted by molar-refractivity contribution is -0.146. The van der Waals surface area contributed by atoms with Crippen LogP contribution in [0.15, 0.2) is 30.3 Å². The van der Waals surface area contributed by atoms with Gasteiger partial charge in [0.25, 0.3) is 0 Å². The van der Waals surface area contributed by atoms with Crippen molar-refractivity contribution < 1.29 is 13.2 Å². The fourth-order valence-electron chi connectivity index (χ4n) is 1.69. The predicted molar refractivity (Wildman–Crippen MR) is 58.0 cm³/mol. The molecule has 17 heavy (non-hydrogen) atoms. The van der Waals surface area contributed by atoms with Crippen molar-refractivity contribution in [2.24, 2.45) is 0 Å². The number of hydrogen-bond donors (Lipinski definition) is 0. The highest BCUT2D eigenvalue weighted by Crippen LogP contribution is 2.32. The number of imidazole rings is 1. The zero-order chi connectivity index (χ0) is 12.6. The molecule has 0 aliphatic rings. The number of alkyl halides is 3. The van der Waals surface area contributed by atoms with Crippen molar-refractivity contribution in [3.8, 4) is 5.69 Å². The molecule has 0 unspecified atom stereocenters. The number of hydrogen-bond acceptors (Lipinski definition) is 1. The SMILES string of the molecule is Cc1nc(C(F)(F)F)n(-c2ccccc2)c1C. The third kappa shape index (κ3) is 2.05. The van der Waals surface area contributed by atoms with Crippen LogP contribution in [-0.2, 0) is 6.18 Å². The molecule has 0 aliphatic carbocycles.